The van der Waals surface area contributed by atoms with Crippen molar-refractivity contribution in [2.45, 2.75) is 0 Å². The molecule has 0 saturated heterocycles. The SMILES string of the molecule is [Cl-].[Mn+][c]1ccccc1. The van der Waals surface area contributed by atoms with E-state index in [1.165, 1.54) is 0 Å². The molecule has 0 saturated carbocycles. The second kappa shape index (κ2) is 3.96. The first kappa shape index (κ1) is 8.03. The van der Waals surface area contributed by atoms with Crippen molar-refractivity contribution in [1.82, 2.24) is 0 Å². The Morgan fingerprint density at radius 3 is 1.75 bits per heavy atom. The summed E-state index contributed by atoms with van der Waals surface area (Å²) < 4.78 is 1.13. The first-order valence-corrected chi connectivity index (χ1v) is 2.69. The van der Waals surface area contributed by atoms with Gasteiger partial charge in [0.05, 0.1) is 0 Å². The molecule has 2 heteroatoms. The van der Waals surface area contributed by atoms with Gasteiger partial charge in [0.15, 0.2) is 0 Å². The van der Waals surface area contributed by atoms with Crippen LogP contribution in [0.4, 0.5) is 0 Å². The van der Waals surface area contributed by atoms with Gasteiger partial charge >= 0.3 is 50.8 Å². The Morgan fingerprint density at radius 1 is 1.00 bits per heavy atom. The quantitative estimate of drug-likeness (QED) is 0.387. The molecule has 1 aromatic rings. The van der Waals surface area contributed by atoms with Crippen molar-refractivity contribution in [2.24, 2.45) is 0 Å². The molecule has 43 valence electrons. The van der Waals surface area contributed by atoms with Crippen molar-refractivity contribution in [2.75, 3.05) is 0 Å². The Labute approximate surface area is 63.5 Å². The van der Waals surface area contributed by atoms with E-state index >= 15 is 0 Å². The molecule has 1 rings (SSSR count). The minimum atomic E-state index is 0. The summed E-state index contributed by atoms with van der Waals surface area (Å²) >= 11 is 3.31. The van der Waals surface area contributed by atoms with Crippen molar-refractivity contribution in [3.63, 3.8) is 0 Å². The first-order valence-electron chi connectivity index (χ1n) is 2.10. The Kier molecular flexibility index (Phi) is 3.98. The molecule has 0 bridgehead atoms. The van der Waals surface area contributed by atoms with Crippen LogP contribution in [-0.4, -0.2) is 0 Å². The fourth-order valence-electron chi connectivity index (χ4n) is 0.415. The summed E-state index contributed by atoms with van der Waals surface area (Å²) in [6, 6.07) is 9.97. The Bertz CT molecular complexity index is 138. The van der Waals surface area contributed by atoms with Crippen molar-refractivity contribution < 1.29 is 28.4 Å². The van der Waals surface area contributed by atoms with Gasteiger partial charge in [-0.25, -0.2) is 0 Å². The van der Waals surface area contributed by atoms with E-state index in [0.717, 1.165) is 4.46 Å². The van der Waals surface area contributed by atoms with Gasteiger partial charge in [0, 0.05) is 0 Å². The molecule has 0 unspecified atom stereocenters. The van der Waals surface area contributed by atoms with Crippen LogP contribution in [0.25, 0.3) is 0 Å². The van der Waals surface area contributed by atoms with Crippen LogP contribution in [0.3, 0.4) is 0 Å². The van der Waals surface area contributed by atoms with E-state index in [-0.39, 0.29) is 12.4 Å². The summed E-state index contributed by atoms with van der Waals surface area (Å²) in [6.07, 6.45) is 0. The summed E-state index contributed by atoms with van der Waals surface area (Å²) in [6.45, 7) is 0. The third kappa shape index (κ3) is 2.37. The zero-order valence-electron chi connectivity index (χ0n) is 4.14. The van der Waals surface area contributed by atoms with Crippen molar-refractivity contribution in [3.05, 3.63) is 30.3 Å². The molecular weight excluding hydrogens is 162 g/mol. The predicted molar refractivity (Wildman–Crippen MR) is 26.1 cm³/mol. The topological polar surface area (TPSA) is 0 Å². The van der Waals surface area contributed by atoms with Crippen LogP contribution < -0.4 is 16.9 Å². The molecule has 0 spiro atoms. The molecule has 0 nitrogen and oxygen atoms in total. The van der Waals surface area contributed by atoms with E-state index in [2.05, 4.69) is 16.0 Å². The van der Waals surface area contributed by atoms with Crippen LogP contribution in [0.2, 0.25) is 0 Å². The van der Waals surface area contributed by atoms with Gasteiger partial charge in [0.1, 0.15) is 0 Å². The fraction of sp³-hybridized carbons (Fsp3) is 0. The maximum absolute atomic E-state index is 3.31. The number of rotatable bonds is 0. The van der Waals surface area contributed by atoms with E-state index < -0.39 is 0 Å². The van der Waals surface area contributed by atoms with Gasteiger partial charge in [-0.2, -0.15) is 0 Å². The van der Waals surface area contributed by atoms with Crippen molar-refractivity contribution in [1.29, 1.82) is 0 Å². The second-order valence-corrected chi connectivity index (χ2v) is 1.98. The molecule has 1 aromatic carbocycles. The molecule has 0 amide bonds. The number of hydrogen-bond donors (Lipinski definition) is 0. The molecule has 0 aromatic heterocycles. The molecule has 0 aliphatic rings. The van der Waals surface area contributed by atoms with Gasteiger partial charge in [-0.3, -0.25) is 0 Å². The van der Waals surface area contributed by atoms with Crippen molar-refractivity contribution >= 4 is 4.46 Å². The van der Waals surface area contributed by atoms with Crippen LogP contribution in [0, 0.1) is 0 Å². The van der Waals surface area contributed by atoms with Crippen molar-refractivity contribution in [3.8, 4) is 0 Å². The minimum absolute atomic E-state index is 0. The zero-order valence-corrected chi connectivity index (χ0v) is 6.08. The monoisotopic (exact) mass is 167 g/mol. The van der Waals surface area contributed by atoms with Crippen LogP contribution >= 0.6 is 0 Å². The van der Waals surface area contributed by atoms with E-state index in [9.17, 15) is 0 Å². The Hall–Kier alpha value is 0.0295. The van der Waals surface area contributed by atoms with Gasteiger partial charge in [0.2, 0.25) is 0 Å². The van der Waals surface area contributed by atoms with Gasteiger partial charge in [-0.05, 0) is 0 Å². The van der Waals surface area contributed by atoms with Gasteiger partial charge in [0.25, 0.3) is 0 Å². The van der Waals surface area contributed by atoms with Gasteiger partial charge < -0.3 is 12.4 Å². The summed E-state index contributed by atoms with van der Waals surface area (Å²) in [5.41, 5.74) is 0. The van der Waals surface area contributed by atoms with E-state index in [1.54, 1.807) is 0 Å². The number of halogens is 1. The molecule has 0 fully saturated rings. The summed E-state index contributed by atoms with van der Waals surface area (Å²) in [4.78, 5) is 0. The average Bonchev–Trinajstić information content (AvgIpc) is 1.69. The Balaban J connectivity index is 0.000000490. The van der Waals surface area contributed by atoms with Crippen LogP contribution in [0.1, 0.15) is 0 Å². The third-order valence-electron chi connectivity index (χ3n) is 0.733. The average molecular weight is 167 g/mol. The second-order valence-electron chi connectivity index (χ2n) is 1.30. The van der Waals surface area contributed by atoms with Crippen LogP contribution in [0.15, 0.2) is 30.3 Å². The summed E-state index contributed by atoms with van der Waals surface area (Å²) in [5.74, 6) is 0. The normalized spacial score (nSPS) is 7.50. The maximum atomic E-state index is 3.31. The van der Waals surface area contributed by atoms with Gasteiger partial charge in [-0.15, -0.1) is 0 Å². The molecule has 0 atom stereocenters. The van der Waals surface area contributed by atoms with Crippen LogP contribution in [0.5, 0.6) is 0 Å². The molecule has 0 aliphatic heterocycles. The van der Waals surface area contributed by atoms with Crippen LogP contribution in [-0.2, 0) is 16.0 Å². The van der Waals surface area contributed by atoms with E-state index in [1.807, 2.05) is 30.3 Å². The fourth-order valence-corrected chi connectivity index (χ4v) is 0.642. The molecule has 0 heterocycles. The molecule has 0 aliphatic carbocycles. The number of benzene rings is 1. The number of hydrogen-bond acceptors (Lipinski definition) is 0. The van der Waals surface area contributed by atoms with E-state index in [4.69, 9.17) is 0 Å². The zero-order chi connectivity index (χ0) is 5.11. The Morgan fingerprint density at radius 2 is 1.50 bits per heavy atom. The predicted octanol–water partition coefficient (Wildman–Crippen LogP) is -2.14. The molecule has 8 heavy (non-hydrogen) atoms. The van der Waals surface area contributed by atoms with E-state index in [0.29, 0.717) is 0 Å². The molecule has 0 N–H and O–H groups in total. The third-order valence-corrected chi connectivity index (χ3v) is 1.13. The summed E-state index contributed by atoms with van der Waals surface area (Å²) in [5, 5.41) is 0. The first-order chi connectivity index (χ1) is 3.39. The molecule has 0 radical (unpaired) electrons. The standard InChI is InChI=1S/C6H5.ClH.Mn/c1-2-4-6-5-3-1;;/h1-5H;1H;/q;;+1/p-1. The van der Waals surface area contributed by atoms with Gasteiger partial charge in [-0.1, -0.05) is 0 Å². The molecular formula is C6H5ClMn. The summed E-state index contributed by atoms with van der Waals surface area (Å²) in [7, 11) is 0.